The molecule has 0 aromatic heterocycles. The highest BCUT2D eigenvalue weighted by Gasteiger charge is 2.21. The van der Waals surface area contributed by atoms with Crippen LogP contribution in [-0.2, 0) is 14.9 Å². The molecule has 0 atom stereocenters. The van der Waals surface area contributed by atoms with Crippen molar-refractivity contribution in [2.45, 2.75) is 31.2 Å². The Morgan fingerprint density at radius 2 is 1.38 bits per heavy atom. The molecule has 9 heteroatoms. The van der Waals surface area contributed by atoms with Crippen LogP contribution in [0.25, 0.3) is 0 Å². The van der Waals surface area contributed by atoms with Crippen LogP contribution in [0.3, 0.4) is 0 Å². The summed E-state index contributed by atoms with van der Waals surface area (Å²) in [6.07, 6.45) is 0. The normalized spacial score (nSPS) is 11.9. The Morgan fingerprint density at radius 1 is 0.897 bits per heavy atom. The quantitative estimate of drug-likeness (QED) is 0.701. The summed E-state index contributed by atoms with van der Waals surface area (Å²) in [5.74, 6) is -0.603. The first kappa shape index (κ1) is 22.5. The van der Waals surface area contributed by atoms with Crippen molar-refractivity contribution in [1.82, 2.24) is 9.79 Å². The maximum Gasteiger partial charge on any atom is 0.264 e. The second-order valence-electron chi connectivity index (χ2n) is 7.36. The Balaban J connectivity index is 2.08. The van der Waals surface area contributed by atoms with Crippen molar-refractivity contribution >= 4 is 27.5 Å². The van der Waals surface area contributed by atoms with E-state index in [-0.39, 0.29) is 16.3 Å². The zero-order valence-electron chi connectivity index (χ0n) is 17.0. The van der Waals surface area contributed by atoms with Crippen LogP contribution in [0.15, 0.2) is 53.4 Å². The number of anilines is 1. The summed E-state index contributed by atoms with van der Waals surface area (Å²) < 4.78 is 25.1. The van der Waals surface area contributed by atoms with Crippen LogP contribution in [0.5, 0.6) is 0 Å². The minimum Gasteiger partial charge on any atom is -0.347 e. The minimum absolute atomic E-state index is 0.00705. The molecule has 0 saturated heterocycles. The summed E-state index contributed by atoms with van der Waals surface area (Å²) in [4.78, 5) is 29.3. The Labute approximate surface area is 170 Å². The van der Waals surface area contributed by atoms with E-state index in [9.17, 15) is 18.0 Å². The van der Waals surface area contributed by atoms with Crippen molar-refractivity contribution in [1.29, 1.82) is 0 Å². The Hall–Kier alpha value is -2.75. The second-order valence-corrected chi connectivity index (χ2v) is 9.29. The second kappa shape index (κ2) is 8.73. The number of hydrogen-bond acceptors (Lipinski definition) is 5. The van der Waals surface area contributed by atoms with E-state index in [0.717, 1.165) is 4.47 Å². The number of nitrogens with zero attached hydrogens (tertiary/aromatic N) is 1. The third-order valence-corrected chi connectivity index (χ3v) is 5.60. The smallest absolute Gasteiger partial charge is 0.264 e. The fourth-order valence-corrected chi connectivity index (χ4v) is 3.32. The third-order valence-electron chi connectivity index (χ3n) is 3.90. The van der Waals surface area contributed by atoms with Crippen LogP contribution in [0.2, 0.25) is 0 Å². The van der Waals surface area contributed by atoms with Gasteiger partial charge in [-0.2, -0.15) is 0 Å². The molecule has 2 aromatic carbocycles. The number of rotatable bonds is 6. The molecule has 0 aliphatic carbocycles. The van der Waals surface area contributed by atoms with E-state index in [4.69, 9.17) is 4.84 Å². The standard InChI is InChI=1S/C20H25N3O5S/c1-20(2,3)22-19(25)15-6-10-16(11-7-15)21-18(24)14-8-12-17(13-9-14)29(26,27)23(4)28-5/h6-13H,1-5H3,(H,21,24)(H,22,25). The van der Waals surface area contributed by atoms with E-state index >= 15 is 0 Å². The summed E-state index contributed by atoms with van der Waals surface area (Å²) in [6, 6.07) is 12.0. The van der Waals surface area contributed by atoms with E-state index in [1.807, 2.05) is 20.8 Å². The number of amides is 2. The molecule has 0 heterocycles. The SMILES string of the molecule is CON(C)S(=O)(=O)c1ccc(C(=O)Nc2ccc(C(=O)NC(C)(C)C)cc2)cc1. The van der Waals surface area contributed by atoms with Crippen LogP contribution >= 0.6 is 0 Å². The van der Waals surface area contributed by atoms with Crippen molar-refractivity contribution in [3.05, 3.63) is 59.7 Å². The number of benzene rings is 2. The Morgan fingerprint density at radius 3 is 1.86 bits per heavy atom. The van der Waals surface area contributed by atoms with Crippen LogP contribution in [0.1, 0.15) is 41.5 Å². The van der Waals surface area contributed by atoms with E-state index < -0.39 is 15.9 Å². The first-order valence-corrected chi connectivity index (χ1v) is 10.2. The number of hydrogen-bond donors (Lipinski definition) is 2. The predicted octanol–water partition coefficient (Wildman–Crippen LogP) is 2.65. The van der Waals surface area contributed by atoms with Gasteiger partial charge in [-0.25, -0.2) is 8.42 Å². The molecule has 2 aromatic rings. The van der Waals surface area contributed by atoms with Gasteiger partial charge in [0.05, 0.1) is 12.0 Å². The topological polar surface area (TPSA) is 105 Å². The van der Waals surface area contributed by atoms with Gasteiger partial charge in [-0.3, -0.25) is 14.4 Å². The average Bonchev–Trinajstić information content (AvgIpc) is 2.66. The molecule has 2 N–H and O–H groups in total. The maximum atomic E-state index is 12.4. The van der Waals surface area contributed by atoms with E-state index in [2.05, 4.69) is 10.6 Å². The monoisotopic (exact) mass is 419 g/mol. The average molecular weight is 420 g/mol. The van der Waals surface area contributed by atoms with Crippen LogP contribution in [0.4, 0.5) is 5.69 Å². The number of sulfonamides is 1. The molecule has 0 spiro atoms. The van der Waals surface area contributed by atoms with Gasteiger partial charge in [0.15, 0.2) is 0 Å². The molecule has 8 nitrogen and oxygen atoms in total. The number of nitrogens with one attached hydrogen (secondary N) is 2. The van der Waals surface area contributed by atoms with Crippen LogP contribution in [-0.4, -0.2) is 44.4 Å². The van der Waals surface area contributed by atoms with Gasteiger partial charge < -0.3 is 10.6 Å². The van der Waals surface area contributed by atoms with Crippen molar-refractivity contribution in [2.24, 2.45) is 0 Å². The summed E-state index contributed by atoms with van der Waals surface area (Å²) in [6.45, 7) is 5.68. The van der Waals surface area contributed by atoms with Gasteiger partial charge in [0, 0.05) is 29.4 Å². The van der Waals surface area contributed by atoms with Crippen LogP contribution in [0, 0.1) is 0 Å². The first-order valence-electron chi connectivity index (χ1n) is 8.81. The number of hydroxylamine groups is 1. The number of carbonyl (C=O) groups is 2. The fourth-order valence-electron chi connectivity index (χ4n) is 2.35. The van der Waals surface area contributed by atoms with Gasteiger partial charge in [-0.15, -0.1) is 0 Å². The van der Waals surface area contributed by atoms with Gasteiger partial charge in [-0.1, -0.05) is 4.47 Å². The molecular formula is C20H25N3O5S. The molecule has 2 rings (SSSR count). The minimum atomic E-state index is -3.77. The van der Waals surface area contributed by atoms with Crippen molar-refractivity contribution in [2.75, 3.05) is 19.5 Å². The van der Waals surface area contributed by atoms with Gasteiger partial charge in [-0.05, 0) is 69.3 Å². The molecule has 0 aliphatic rings. The summed E-state index contributed by atoms with van der Waals surface area (Å²) >= 11 is 0. The molecule has 2 amide bonds. The highest BCUT2D eigenvalue weighted by molar-refractivity contribution is 7.89. The van der Waals surface area contributed by atoms with E-state index in [1.54, 1.807) is 24.3 Å². The van der Waals surface area contributed by atoms with E-state index in [0.29, 0.717) is 16.8 Å². The molecule has 0 bridgehead atoms. The molecular weight excluding hydrogens is 394 g/mol. The zero-order chi connectivity index (χ0) is 21.8. The Kier molecular flexibility index (Phi) is 6.78. The summed E-state index contributed by atoms with van der Waals surface area (Å²) in [5, 5.41) is 5.57. The van der Waals surface area contributed by atoms with Crippen molar-refractivity contribution < 1.29 is 22.8 Å². The molecule has 0 unspecified atom stereocenters. The fraction of sp³-hybridized carbons (Fsp3) is 0.300. The lowest BCUT2D eigenvalue weighted by atomic mass is 10.1. The zero-order valence-corrected chi connectivity index (χ0v) is 17.8. The summed E-state index contributed by atoms with van der Waals surface area (Å²) in [5.41, 5.74) is 0.938. The lowest BCUT2D eigenvalue weighted by Crippen LogP contribution is -2.40. The molecule has 0 radical (unpaired) electrons. The molecule has 0 aliphatic heterocycles. The molecule has 0 fully saturated rings. The largest absolute Gasteiger partial charge is 0.347 e. The lowest BCUT2D eigenvalue weighted by molar-refractivity contribution is -0.0258. The van der Waals surface area contributed by atoms with Crippen molar-refractivity contribution in [3.63, 3.8) is 0 Å². The predicted molar refractivity (Wildman–Crippen MR) is 110 cm³/mol. The van der Waals surface area contributed by atoms with Gasteiger partial charge in [0.2, 0.25) is 0 Å². The molecule has 156 valence electrons. The molecule has 0 saturated carbocycles. The summed E-state index contributed by atoms with van der Waals surface area (Å²) in [7, 11) is -1.25. The Bertz CT molecular complexity index is 978. The number of carbonyl (C=O) groups excluding carboxylic acids is 2. The third kappa shape index (κ3) is 5.86. The maximum absolute atomic E-state index is 12.4. The van der Waals surface area contributed by atoms with E-state index in [1.165, 1.54) is 38.4 Å². The highest BCUT2D eigenvalue weighted by atomic mass is 32.2. The van der Waals surface area contributed by atoms with Gasteiger partial charge >= 0.3 is 0 Å². The van der Waals surface area contributed by atoms with Crippen molar-refractivity contribution in [3.8, 4) is 0 Å². The molecule has 29 heavy (non-hydrogen) atoms. The van der Waals surface area contributed by atoms with Gasteiger partial charge in [0.1, 0.15) is 0 Å². The highest BCUT2D eigenvalue weighted by Crippen LogP contribution is 2.17. The lowest BCUT2D eigenvalue weighted by Gasteiger charge is -2.20. The van der Waals surface area contributed by atoms with Gasteiger partial charge in [0.25, 0.3) is 21.8 Å². The first-order chi connectivity index (χ1) is 13.4. The van der Waals surface area contributed by atoms with Crippen LogP contribution < -0.4 is 10.6 Å².